The molecule has 4 heteroatoms. The van der Waals surface area contributed by atoms with Crippen molar-refractivity contribution in [3.05, 3.63) is 52.4 Å². The summed E-state index contributed by atoms with van der Waals surface area (Å²) in [5, 5.41) is 0. The molecule has 0 aliphatic carbocycles. The smallest absolute Gasteiger partial charge is 0.123 e. The zero-order chi connectivity index (χ0) is 13.0. The standard InChI is InChI=1S/C14H17BrN2O/c1-11-4-5-12(9-14(11)15)17(7-6-16)10-13-3-2-8-18-13/h2-5,8-9H,6-7,10,16H2,1H3. The zero-order valence-corrected chi connectivity index (χ0v) is 12.0. The minimum absolute atomic E-state index is 0.617. The first-order valence-corrected chi connectivity index (χ1v) is 6.73. The maximum atomic E-state index is 5.68. The number of aryl methyl sites for hydroxylation is 1. The van der Waals surface area contributed by atoms with Gasteiger partial charge in [0.2, 0.25) is 0 Å². The van der Waals surface area contributed by atoms with Gasteiger partial charge in [0.05, 0.1) is 12.8 Å². The number of furan rings is 1. The van der Waals surface area contributed by atoms with Gasteiger partial charge in [-0.15, -0.1) is 0 Å². The van der Waals surface area contributed by atoms with Gasteiger partial charge in [-0.05, 0) is 36.8 Å². The molecule has 0 spiro atoms. The topological polar surface area (TPSA) is 42.4 Å². The van der Waals surface area contributed by atoms with Crippen LogP contribution in [-0.2, 0) is 6.54 Å². The van der Waals surface area contributed by atoms with Crippen molar-refractivity contribution in [1.82, 2.24) is 0 Å². The molecule has 1 aromatic heterocycles. The molecule has 0 unspecified atom stereocenters. The molecular weight excluding hydrogens is 292 g/mol. The Kier molecular flexibility index (Phi) is 4.44. The van der Waals surface area contributed by atoms with Gasteiger partial charge in [-0.3, -0.25) is 0 Å². The molecule has 1 heterocycles. The number of hydrogen-bond acceptors (Lipinski definition) is 3. The van der Waals surface area contributed by atoms with E-state index < -0.39 is 0 Å². The van der Waals surface area contributed by atoms with Crippen LogP contribution in [0.4, 0.5) is 5.69 Å². The third-order valence-corrected chi connectivity index (χ3v) is 3.70. The fourth-order valence-electron chi connectivity index (χ4n) is 1.82. The zero-order valence-electron chi connectivity index (χ0n) is 10.4. The molecule has 0 atom stereocenters. The molecule has 0 aliphatic heterocycles. The lowest BCUT2D eigenvalue weighted by atomic mass is 10.2. The van der Waals surface area contributed by atoms with E-state index in [-0.39, 0.29) is 0 Å². The van der Waals surface area contributed by atoms with Crippen LogP contribution in [0, 0.1) is 6.92 Å². The number of nitrogens with two attached hydrogens (primary N) is 1. The summed E-state index contributed by atoms with van der Waals surface area (Å²) >= 11 is 3.56. The van der Waals surface area contributed by atoms with Crippen molar-refractivity contribution in [3.63, 3.8) is 0 Å². The van der Waals surface area contributed by atoms with Gasteiger partial charge < -0.3 is 15.1 Å². The van der Waals surface area contributed by atoms with E-state index >= 15 is 0 Å². The number of nitrogens with zero attached hydrogens (tertiary/aromatic N) is 1. The molecule has 0 amide bonds. The minimum Gasteiger partial charge on any atom is -0.467 e. The fourth-order valence-corrected chi connectivity index (χ4v) is 2.19. The predicted molar refractivity (Wildman–Crippen MR) is 77.7 cm³/mol. The molecule has 0 saturated heterocycles. The summed E-state index contributed by atoms with van der Waals surface area (Å²) in [6, 6.07) is 10.2. The van der Waals surface area contributed by atoms with E-state index in [2.05, 4.69) is 46.0 Å². The molecule has 0 radical (unpaired) electrons. The first-order valence-electron chi connectivity index (χ1n) is 5.94. The average molecular weight is 309 g/mol. The van der Waals surface area contributed by atoms with Crippen LogP contribution in [0.15, 0.2) is 45.5 Å². The second-order valence-electron chi connectivity index (χ2n) is 4.22. The van der Waals surface area contributed by atoms with E-state index in [4.69, 9.17) is 10.2 Å². The van der Waals surface area contributed by atoms with Crippen LogP contribution in [0.3, 0.4) is 0 Å². The summed E-state index contributed by atoms with van der Waals surface area (Å²) in [5.41, 5.74) is 8.05. The van der Waals surface area contributed by atoms with Crippen LogP contribution in [0.5, 0.6) is 0 Å². The molecule has 0 saturated carbocycles. The van der Waals surface area contributed by atoms with E-state index in [1.807, 2.05) is 12.1 Å². The molecule has 18 heavy (non-hydrogen) atoms. The second kappa shape index (κ2) is 6.07. The van der Waals surface area contributed by atoms with Crippen LogP contribution >= 0.6 is 15.9 Å². The summed E-state index contributed by atoms with van der Waals surface area (Å²) in [6.07, 6.45) is 1.70. The summed E-state index contributed by atoms with van der Waals surface area (Å²) < 4.78 is 6.50. The van der Waals surface area contributed by atoms with Crippen molar-refractivity contribution in [2.24, 2.45) is 5.73 Å². The van der Waals surface area contributed by atoms with Gasteiger partial charge in [0.25, 0.3) is 0 Å². The number of rotatable bonds is 5. The summed E-state index contributed by atoms with van der Waals surface area (Å²) in [7, 11) is 0. The number of anilines is 1. The summed E-state index contributed by atoms with van der Waals surface area (Å²) in [4.78, 5) is 2.21. The maximum absolute atomic E-state index is 5.68. The van der Waals surface area contributed by atoms with Gasteiger partial charge in [-0.25, -0.2) is 0 Å². The van der Waals surface area contributed by atoms with E-state index in [0.29, 0.717) is 6.54 Å². The lowest BCUT2D eigenvalue weighted by Crippen LogP contribution is -2.28. The molecule has 3 nitrogen and oxygen atoms in total. The van der Waals surface area contributed by atoms with Gasteiger partial charge in [0, 0.05) is 23.2 Å². The highest BCUT2D eigenvalue weighted by atomic mass is 79.9. The van der Waals surface area contributed by atoms with Crippen LogP contribution in [0.25, 0.3) is 0 Å². The molecule has 2 N–H and O–H groups in total. The Morgan fingerprint density at radius 3 is 2.78 bits per heavy atom. The second-order valence-corrected chi connectivity index (χ2v) is 5.08. The van der Waals surface area contributed by atoms with Crippen molar-refractivity contribution in [2.45, 2.75) is 13.5 Å². The molecule has 2 aromatic rings. The highest BCUT2D eigenvalue weighted by molar-refractivity contribution is 9.10. The van der Waals surface area contributed by atoms with E-state index in [0.717, 1.165) is 29.0 Å². The van der Waals surface area contributed by atoms with Crippen LogP contribution in [-0.4, -0.2) is 13.1 Å². The summed E-state index contributed by atoms with van der Waals surface area (Å²) in [5.74, 6) is 0.945. The Bertz CT molecular complexity index is 497. The summed E-state index contributed by atoms with van der Waals surface area (Å²) in [6.45, 7) is 4.23. The number of hydrogen-bond donors (Lipinski definition) is 1. The normalized spacial score (nSPS) is 10.6. The Labute approximate surface area is 116 Å². The molecule has 1 aromatic carbocycles. The van der Waals surface area contributed by atoms with E-state index in [9.17, 15) is 0 Å². The van der Waals surface area contributed by atoms with Gasteiger partial charge in [-0.1, -0.05) is 22.0 Å². The Hall–Kier alpha value is -1.26. The third-order valence-electron chi connectivity index (χ3n) is 2.85. The van der Waals surface area contributed by atoms with Gasteiger partial charge in [-0.2, -0.15) is 0 Å². The Morgan fingerprint density at radius 2 is 2.17 bits per heavy atom. The fraction of sp³-hybridized carbons (Fsp3) is 0.286. The molecular formula is C14H17BrN2O. The van der Waals surface area contributed by atoms with Crippen molar-refractivity contribution < 1.29 is 4.42 Å². The molecule has 96 valence electrons. The van der Waals surface area contributed by atoms with Crippen LogP contribution < -0.4 is 10.6 Å². The number of halogens is 1. The largest absolute Gasteiger partial charge is 0.467 e. The Balaban J connectivity index is 2.20. The lowest BCUT2D eigenvalue weighted by Gasteiger charge is -2.23. The van der Waals surface area contributed by atoms with Crippen molar-refractivity contribution in [1.29, 1.82) is 0 Å². The lowest BCUT2D eigenvalue weighted by molar-refractivity contribution is 0.502. The molecule has 0 bridgehead atoms. The van der Waals surface area contributed by atoms with E-state index in [1.165, 1.54) is 5.56 Å². The predicted octanol–water partition coefficient (Wildman–Crippen LogP) is 3.32. The third kappa shape index (κ3) is 3.15. The van der Waals surface area contributed by atoms with Gasteiger partial charge in [0.15, 0.2) is 0 Å². The van der Waals surface area contributed by atoms with Crippen LogP contribution in [0.1, 0.15) is 11.3 Å². The highest BCUT2D eigenvalue weighted by Gasteiger charge is 2.09. The highest BCUT2D eigenvalue weighted by Crippen LogP contribution is 2.24. The molecule has 0 aliphatic rings. The Morgan fingerprint density at radius 1 is 1.33 bits per heavy atom. The van der Waals surface area contributed by atoms with Crippen molar-refractivity contribution >= 4 is 21.6 Å². The monoisotopic (exact) mass is 308 g/mol. The molecule has 0 fully saturated rings. The van der Waals surface area contributed by atoms with E-state index in [1.54, 1.807) is 6.26 Å². The first-order chi connectivity index (χ1) is 8.70. The van der Waals surface area contributed by atoms with Gasteiger partial charge >= 0.3 is 0 Å². The van der Waals surface area contributed by atoms with Gasteiger partial charge in [0.1, 0.15) is 5.76 Å². The van der Waals surface area contributed by atoms with Crippen LogP contribution in [0.2, 0.25) is 0 Å². The quantitative estimate of drug-likeness (QED) is 0.921. The average Bonchev–Trinajstić information content (AvgIpc) is 2.85. The number of benzene rings is 1. The maximum Gasteiger partial charge on any atom is 0.123 e. The first kappa shape index (κ1) is 13.2. The van der Waals surface area contributed by atoms with Crippen molar-refractivity contribution in [2.75, 3.05) is 18.0 Å². The molecule has 2 rings (SSSR count). The van der Waals surface area contributed by atoms with Crippen molar-refractivity contribution in [3.8, 4) is 0 Å². The SMILES string of the molecule is Cc1ccc(N(CCN)Cc2ccco2)cc1Br. The minimum atomic E-state index is 0.617.